The van der Waals surface area contributed by atoms with Gasteiger partial charge in [0.1, 0.15) is 0 Å². The Balaban J connectivity index is 1.95. The van der Waals surface area contributed by atoms with Crippen LogP contribution in [0.1, 0.15) is 51.9 Å². The highest BCUT2D eigenvalue weighted by Gasteiger charge is 2.13. The van der Waals surface area contributed by atoms with Crippen molar-refractivity contribution in [1.82, 2.24) is 5.32 Å². The van der Waals surface area contributed by atoms with Crippen LogP contribution in [0.4, 0.5) is 0 Å². The highest BCUT2D eigenvalue weighted by atomic mass is 16.5. The minimum Gasteiger partial charge on any atom is -0.378 e. The second-order valence-electron chi connectivity index (χ2n) is 4.79. The number of amides is 1. The summed E-state index contributed by atoms with van der Waals surface area (Å²) in [6.45, 7) is 3.32. The van der Waals surface area contributed by atoms with Crippen LogP contribution in [0.2, 0.25) is 0 Å². The molecule has 1 atom stereocenters. The van der Waals surface area contributed by atoms with Crippen LogP contribution >= 0.6 is 0 Å². The summed E-state index contributed by atoms with van der Waals surface area (Å²) in [5.74, 6) is -0.0508. The van der Waals surface area contributed by atoms with Gasteiger partial charge in [0, 0.05) is 13.2 Å². The molecule has 0 aromatic carbocycles. The van der Waals surface area contributed by atoms with Gasteiger partial charge in [-0.2, -0.15) is 0 Å². The molecule has 0 aromatic heterocycles. The van der Waals surface area contributed by atoms with Crippen LogP contribution in [-0.4, -0.2) is 31.2 Å². The topological polar surface area (TPSA) is 64.4 Å². The van der Waals surface area contributed by atoms with Gasteiger partial charge in [-0.05, 0) is 25.7 Å². The van der Waals surface area contributed by atoms with Crippen LogP contribution in [0.15, 0.2) is 0 Å². The molecule has 0 radical (unpaired) electrons. The standard InChI is InChI=1S/C13H26N2O2/c1-2-12(14)13(16)15-9-6-10-17-11-7-4-3-5-8-11/h11-12H,2-10,14H2,1H3,(H,15,16)/t12-/m1/s1. The molecule has 100 valence electrons. The van der Waals surface area contributed by atoms with Crippen molar-refractivity contribution < 1.29 is 9.53 Å². The third-order valence-electron chi connectivity index (χ3n) is 3.30. The van der Waals surface area contributed by atoms with Gasteiger partial charge in [-0.15, -0.1) is 0 Å². The monoisotopic (exact) mass is 242 g/mol. The van der Waals surface area contributed by atoms with E-state index in [0.717, 1.165) is 13.0 Å². The number of carbonyl (C=O) groups excluding carboxylic acids is 1. The molecule has 1 rings (SSSR count). The number of rotatable bonds is 7. The maximum Gasteiger partial charge on any atom is 0.236 e. The second-order valence-corrected chi connectivity index (χ2v) is 4.79. The summed E-state index contributed by atoms with van der Waals surface area (Å²) in [4.78, 5) is 11.4. The van der Waals surface area contributed by atoms with Gasteiger partial charge in [-0.3, -0.25) is 4.79 Å². The van der Waals surface area contributed by atoms with Crippen LogP contribution < -0.4 is 11.1 Å². The Labute approximate surface area is 104 Å². The minimum atomic E-state index is -0.366. The van der Waals surface area contributed by atoms with E-state index >= 15 is 0 Å². The van der Waals surface area contributed by atoms with Gasteiger partial charge in [-0.25, -0.2) is 0 Å². The van der Waals surface area contributed by atoms with E-state index in [-0.39, 0.29) is 11.9 Å². The lowest BCUT2D eigenvalue weighted by atomic mass is 9.98. The Kier molecular flexibility index (Phi) is 7.21. The highest BCUT2D eigenvalue weighted by molar-refractivity contribution is 5.81. The molecule has 17 heavy (non-hydrogen) atoms. The highest BCUT2D eigenvalue weighted by Crippen LogP contribution is 2.20. The second kappa shape index (κ2) is 8.48. The average molecular weight is 242 g/mol. The lowest BCUT2D eigenvalue weighted by Crippen LogP contribution is -2.40. The first kappa shape index (κ1) is 14.5. The SMILES string of the molecule is CC[C@@H](N)C(=O)NCCCOC1CCCCC1. The summed E-state index contributed by atoms with van der Waals surface area (Å²) >= 11 is 0. The predicted molar refractivity (Wildman–Crippen MR) is 68.7 cm³/mol. The molecule has 0 aromatic rings. The molecule has 4 nitrogen and oxygen atoms in total. The van der Waals surface area contributed by atoms with Crippen molar-refractivity contribution in [1.29, 1.82) is 0 Å². The third-order valence-corrected chi connectivity index (χ3v) is 3.30. The fourth-order valence-corrected chi connectivity index (χ4v) is 2.08. The van der Waals surface area contributed by atoms with Crippen molar-refractivity contribution in [2.24, 2.45) is 5.73 Å². The number of hydrogen-bond donors (Lipinski definition) is 2. The van der Waals surface area contributed by atoms with Gasteiger partial charge in [-0.1, -0.05) is 26.2 Å². The van der Waals surface area contributed by atoms with Gasteiger partial charge in [0.05, 0.1) is 12.1 Å². The van der Waals surface area contributed by atoms with E-state index in [1.807, 2.05) is 6.92 Å². The molecule has 1 aliphatic carbocycles. The van der Waals surface area contributed by atoms with E-state index in [1.54, 1.807) is 0 Å². The van der Waals surface area contributed by atoms with E-state index in [4.69, 9.17) is 10.5 Å². The molecule has 1 fully saturated rings. The Hall–Kier alpha value is -0.610. The van der Waals surface area contributed by atoms with E-state index in [0.29, 0.717) is 19.1 Å². The number of carbonyl (C=O) groups is 1. The maximum absolute atomic E-state index is 11.4. The van der Waals surface area contributed by atoms with Crippen LogP contribution in [0.5, 0.6) is 0 Å². The van der Waals surface area contributed by atoms with Crippen LogP contribution in [0.3, 0.4) is 0 Å². The fourth-order valence-electron chi connectivity index (χ4n) is 2.08. The molecule has 1 amide bonds. The van der Waals surface area contributed by atoms with E-state index < -0.39 is 0 Å². The number of nitrogens with one attached hydrogen (secondary N) is 1. The van der Waals surface area contributed by atoms with Crippen molar-refractivity contribution in [2.75, 3.05) is 13.2 Å². The average Bonchev–Trinajstić information content (AvgIpc) is 2.38. The summed E-state index contributed by atoms with van der Waals surface area (Å²) in [5, 5.41) is 2.83. The summed E-state index contributed by atoms with van der Waals surface area (Å²) in [6, 6.07) is -0.366. The predicted octanol–water partition coefficient (Wildman–Crippen LogP) is 1.58. The maximum atomic E-state index is 11.4. The first-order valence-electron chi connectivity index (χ1n) is 6.89. The molecule has 3 N–H and O–H groups in total. The van der Waals surface area contributed by atoms with Crippen molar-refractivity contribution in [3.8, 4) is 0 Å². The first-order valence-corrected chi connectivity index (χ1v) is 6.89. The van der Waals surface area contributed by atoms with Crippen LogP contribution in [0.25, 0.3) is 0 Å². The van der Waals surface area contributed by atoms with Crippen molar-refractivity contribution in [3.63, 3.8) is 0 Å². The molecule has 0 aliphatic heterocycles. The normalized spacial score (nSPS) is 18.9. The molecule has 0 saturated heterocycles. The quantitative estimate of drug-likeness (QED) is 0.666. The smallest absolute Gasteiger partial charge is 0.236 e. The summed E-state index contributed by atoms with van der Waals surface area (Å²) < 4.78 is 5.77. The van der Waals surface area contributed by atoms with E-state index in [9.17, 15) is 4.79 Å². The van der Waals surface area contributed by atoms with Gasteiger partial charge in [0.2, 0.25) is 5.91 Å². The largest absolute Gasteiger partial charge is 0.378 e. The van der Waals surface area contributed by atoms with Gasteiger partial charge in [0.15, 0.2) is 0 Å². The fraction of sp³-hybridized carbons (Fsp3) is 0.923. The zero-order valence-electron chi connectivity index (χ0n) is 10.9. The number of hydrogen-bond acceptors (Lipinski definition) is 3. The molecular formula is C13H26N2O2. The van der Waals surface area contributed by atoms with Crippen molar-refractivity contribution >= 4 is 5.91 Å². The Bertz CT molecular complexity index is 215. The van der Waals surface area contributed by atoms with Crippen LogP contribution in [0, 0.1) is 0 Å². The Morgan fingerprint density at radius 3 is 2.76 bits per heavy atom. The number of ether oxygens (including phenoxy) is 1. The Morgan fingerprint density at radius 2 is 2.12 bits per heavy atom. The summed E-state index contributed by atoms with van der Waals surface area (Å²) in [5.41, 5.74) is 5.60. The first-order chi connectivity index (χ1) is 8.24. The van der Waals surface area contributed by atoms with E-state index in [1.165, 1.54) is 32.1 Å². The lowest BCUT2D eigenvalue weighted by Gasteiger charge is -2.22. The summed E-state index contributed by atoms with van der Waals surface area (Å²) in [6.07, 6.45) is 8.37. The van der Waals surface area contributed by atoms with E-state index in [2.05, 4.69) is 5.32 Å². The lowest BCUT2D eigenvalue weighted by molar-refractivity contribution is -0.122. The van der Waals surface area contributed by atoms with Gasteiger partial charge < -0.3 is 15.8 Å². The molecule has 1 saturated carbocycles. The van der Waals surface area contributed by atoms with Crippen molar-refractivity contribution in [2.45, 2.75) is 64.0 Å². The molecule has 0 unspecified atom stereocenters. The van der Waals surface area contributed by atoms with Crippen molar-refractivity contribution in [3.05, 3.63) is 0 Å². The third kappa shape index (κ3) is 6.03. The zero-order valence-corrected chi connectivity index (χ0v) is 10.9. The zero-order chi connectivity index (χ0) is 12.5. The molecule has 1 aliphatic rings. The molecule has 0 bridgehead atoms. The molecule has 0 spiro atoms. The number of nitrogens with two attached hydrogens (primary N) is 1. The molecule has 4 heteroatoms. The Morgan fingerprint density at radius 1 is 1.41 bits per heavy atom. The van der Waals surface area contributed by atoms with Gasteiger partial charge >= 0.3 is 0 Å². The summed E-state index contributed by atoms with van der Waals surface area (Å²) in [7, 11) is 0. The minimum absolute atomic E-state index is 0.0508. The van der Waals surface area contributed by atoms with Gasteiger partial charge in [0.25, 0.3) is 0 Å². The van der Waals surface area contributed by atoms with Crippen LogP contribution in [-0.2, 0) is 9.53 Å². The molecular weight excluding hydrogens is 216 g/mol. The molecule has 0 heterocycles.